The van der Waals surface area contributed by atoms with Gasteiger partial charge in [0.15, 0.2) is 0 Å². The van der Waals surface area contributed by atoms with Crippen molar-refractivity contribution in [2.45, 2.75) is 31.7 Å². The number of ether oxygens (including phenoxy) is 1. The Morgan fingerprint density at radius 2 is 1.74 bits per heavy atom. The van der Waals surface area contributed by atoms with E-state index in [0.717, 1.165) is 52.0 Å². The molecule has 0 aliphatic carbocycles. The van der Waals surface area contributed by atoms with Gasteiger partial charge in [-0.1, -0.05) is 18.2 Å². The number of hydrogen-bond acceptors (Lipinski definition) is 4. The van der Waals surface area contributed by atoms with Crippen molar-refractivity contribution in [3.05, 3.63) is 35.9 Å². The Labute approximate surface area is 160 Å². The highest BCUT2D eigenvalue weighted by Crippen LogP contribution is 2.45. The minimum absolute atomic E-state index is 0.0504. The van der Waals surface area contributed by atoms with Crippen LogP contribution >= 0.6 is 0 Å². The van der Waals surface area contributed by atoms with Crippen molar-refractivity contribution >= 4 is 11.9 Å². The molecule has 3 aliphatic rings. The quantitative estimate of drug-likeness (QED) is 0.880. The maximum absolute atomic E-state index is 12.9. The highest BCUT2D eigenvalue weighted by atomic mass is 16.5. The largest absolute Gasteiger partial charge is 0.481 e. The number of carboxylic acid groups (broad SMARTS) is 1. The van der Waals surface area contributed by atoms with E-state index in [1.54, 1.807) is 17.0 Å². The third-order valence-corrected chi connectivity index (χ3v) is 6.76. The van der Waals surface area contributed by atoms with Gasteiger partial charge in [-0.15, -0.1) is 0 Å². The minimum Gasteiger partial charge on any atom is -0.481 e. The molecule has 27 heavy (non-hydrogen) atoms. The van der Waals surface area contributed by atoms with E-state index in [1.807, 2.05) is 18.2 Å². The molecule has 0 radical (unpaired) electrons. The molecule has 1 spiro atoms. The molecule has 1 N–H and O–H groups in total. The van der Waals surface area contributed by atoms with Crippen LogP contribution in [0.5, 0.6) is 0 Å². The molecule has 1 atom stereocenters. The van der Waals surface area contributed by atoms with Crippen LogP contribution in [-0.4, -0.2) is 72.2 Å². The first kappa shape index (κ1) is 18.4. The van der Waals surface area contributed by atoms with Crippen molar-refractivity contribution in [3.63, 3.8) is 0 Å². The molecule has 0 aromatic heterocycles. The highest BCUT2D eigenvalue weighted by molar-refractivity contribution is 5.95. The van der Waals surface area contributed by atoms with Crippen LogP contribution in [-0.2, 0) is 9.53 Å². The van der Waals surface area contributed by atoms with Crippen molar-refractivity contribution in [2.24, 2.45) is 11.3 Å². The van der Waals surface area contributed by atoms with Crippen LogP contribution in [0.15, 0.2) is 30.3 Å². The fourth-order valence-corrected chi connectivity index (χ4v) is 5.12. The fraction of sp³-hybridized carbons (Fsp3) is 0.619. The number of rotatable bonds is 3. The topological polar surface area (TPSA) is 70.1 Å². The Hall–Kier alpha value is -1.92. The molecule has 146 valence electrons. The molecule has 1 aromatic rings. The van der Waals surface area contributed by atoms with Gasteiger partial charge in [0.05, 0.1) is 5.92 Å². The normalized spacial score (nSPS) is 26.4. The van der Waals surface area contributed by atoms with Gasteiger partial charge in [0.25, 0.3) is 5.91 Å². The van der Waals surface area contributed by atoms with Crippen molar-refractivity contribution in [2.75, 3.05) is 39.4 Å². The number of nitrogens with zero attached hydrogens (tertiary/aromatic N) is 2. The van der Waals surface area contributed by atoms with Crippen molar-refractivity contribution < 1.29 is 19.4 Å². The molecular formula is C21H28N2O4. The molecule has 1 aromatic carbocycles. The second-order valence-electron chi connectivity index (χ2n) is 8.18. The first-order chi connectivity index (χ1) is 13.1. The van der Waals surface area contributed by atoms with E-state index in [4.69, 9.17) is 4.74 Å². The zero-order chi connectivity index (χ0) is 18.9. The van der Waals surface area contributed by atoms with Crippen LogP contribution in [0, 0.1) is 11.3 Å². The van der Waals surface area contributed by atoms with Crippen LogP contribution in [0.25, 0.3) is 0 Å². The van der Waals surface area contributed by atoms with Crippen LogP contribution in [0.1, 0.15) is 36.0 Å². The van der Waals surface area contributed by atoms with Gasteiger partial charge >= 0.3 is 5.97 Å². The summed E-state index contributed by atoms with van der Waals surface area (Å²) in [6.45, 7) is 4.36. The second kappa shape index (κ2) is 7.60. The number of likely N-dealkylation sites (tertiary alicyclic amines) is 2. The van der Waals surface area contributed by atoms with Gasteiger partial charge in [-0.25, -0.2) is 0 Å². The zero-order valence-corrected chi connectivity index (χ0v) is 15.7. The molecule has 1 unspecified atom stereocenters. The third-order valence-electron chi connectivity index (χ3n) is 6.76. The van der Waals surface area contributed by atoms with Gasteiger partial charge in [-0.2, -0.15) is 0 Å². The molecule has 3 saturated heterocycles. The molecule has 6 nitrogen and oxygen atoms in total. The number of benzene rings is 1. The first-order valence-corrected chi connectivity index (χ1v) is 9.98. The van der Waals surface area contributed by atoms with Crippen molar-refractivity contribution in [3.8, 4) is 0 Å². The lowest BCUT2D eigenvalue weighted by Gasteiger charge is -2.45. The lowest BCUT2D eigenvalue weighted by atomic mass is 9.70. The number of carboxylic acids is 1. The van der Waals surface area contributed by atoms with E-state index in [0.29, 0.717) is 24.7 Å². The Balaban J connectivity index is 1.46. The Bertz CT molecular complexity index is 679. The average molecular weight is 372 g/mol. The zero-order valence-electron chi connectivity index (χ0n) is 15.7. The maximum atomic E-state index is 12.9. The van der Waals surface area contributed by atoms with Gasteiger partial charge in [0.2, 0.25) is 0 Å². The van der Waals surface area contributed by atoms with E-state index in [2.05, 4.69) is 4.90 Å². The number of amides is 1. The smallest absolute Gasteiger partial charge is 0.308 e. The maximum Gasteiger partial charge on any atom is 0.308 e. The third kappa shape index (κ3) is 3.60. The monoisotopic (exact) mass is 372 g/mol. The molecule has 3 aliphatic heterocycles. The predicted molar refractivity (Wildman–Crippen MR) is 101 cm³/mol. The summed E-state index contributed by atoms with van der Waals surface area (Å²) in [5, 5.41) is 9.85. The van der Waals surface area contributed by atoms with Crippen LogP contribution in [0.3, 0.4) is 0 Å². The van der Waals surface area contributed by atoms with E-state index < -0.39 is 11.9 Å². The summed E-state index contributed by atoms with van der Waals surface area (Å²) < 4.78 is 5.47. The molecule has 3 fully saturated rings. The van der Waals surface area contributed by atoms with Crippen molar-refractivity contribution in [1.82, 2.24) is 9.80 Å². The SMILES string of the molecule is O=C(O)C1CN(C(=O)c2ccccc2)CC12CCN(C1CCOCC1)CC2. The average Bonchev–Trinajstić information content (AvgIpc) is 3.08. The number of carbonyl (C=O) groups is 2. The molecule has 0 bridgehead atoms. The predicted octanol–water partition coefficient (Wildman–Crippen LogP) is 2.10. The lowest BCUT2D eigenvalue weighted by Crippen LogP contribution is -2.50. The van der Waals surface area contributed by atoms with Crippen LogP contribution < -0.4 is 0 Å². The van der Waals surface area contributed by atoms with Gasteiger partial charge in [0.1, 0.15) is 0 Å². The Morgan fingerprint density at radius 3 is 2.37 bits per heavy atom. The summed E-state index contributed by atoms with van der Waals surface area (Å²) >= 11 is 0. The summed E-state index contributed by atoms with van der Waals surface area (Å²) in [4.78, 5) is 29.1. The molecule has 1 amide bonds. The summed E-state index contributed by atoms with van der Waals surface area (Å²) in [6.07, 6.45) is 3.82. The summed E-state index contributed by atoms with van der Waals surface area (Å²) in [5.74, 6) is -1.29. The number of hydrogen-bond donors (Lipinski definition) is 1. The molecular weight excluding hydrogens is 344 g/mol. The summed E-state index contributed by atoms with van der Waals surface area (Å²) in [6, 6.07) is 9.74. The van der Waals surface area contributed by atoms with Crippen LogP contribution in [0.2, 0.25) is 0 Å². The van der Waals surface area contributed by atoms with E-state index in [9.17, 15) is 14.7 Å². The molecule has 0 saturated carbocycles. The summed E-state index contributed by atoms with van der Waals surface area (Å²) in [5.41, 5.74) is 0.344. The molecule has 3 heterocycles. The fourth-order valence-electron chi connectivity index (χ4n) is 5.12. The highest BCUT2D eigenvalue weighted by Gasteiger charge is 2.52. The van der Waals surface area contributed by atoms with E-state index in [1.165, 1.54) is 0 Å². The molecule has 6 heteroatoms. The second-order valence-corrected chi connectivity index (χ2v) is 8.18. The van der Waals surface area contributed by atoms with Crippen molar-refractivity contribution in [1.29, 1.82) is 0 Å². The molecule has 4 rings (SSSR count). The standard InChI is InChI=1S/C21H28N2O4/c24-19(16-4-2-1-3-5-16)23-14-18(20(25)26)21(15-23)8-10-22(11-9-21)17-6-12-27-13-7-17/h1-5,17-18H,6-15H2,(H,25,26). The van der Waals surface area contributed by atoms with E-state index in [-0.39, 0.29) is 11.3 Å². The number of carbonyl (C=O) groups excluding carboxylic acids is 1. The summed E-state index contributed by atoms with van der Waals surface area (Å²) in [7, 11) is 0. The first-order valence-electron chi connectivity index (χ1n) is 9.98. The number of piperidine rings is 1. The number of aliphatic carboxylic acids is 1. The van der Waals surface area contributed by atoms with Gasteiger partial charge in [-0.05, 0) is 50.9 Å². The Morgan fingerprint density at radius 1 is 1.07 bits per heavy atom. The van der Waals surface area contributed by atoms with Gasteiger partial charge < -0.3 is 19.6 Å². The Kier molecular flexibility index (Phi) is 5.19. The van der Waals surface area contributed by atoms with Gasteiger partial charge in [-0.3, -0.25) is 9.59 Å². The minimum atomic E-state index is -0.766. The van der Waals surface area contributed by atoms with Crippen LogP contribution in [0.4, 0.5) is 0 Å². The lowest BCUT2D eigenvalue weighted by molar-refractivity contribution is -0.146. The van der Waals surface area contributed by atoms with Gasteiger partial charge in [0, 0.05) is 43.3 Å². The van der Waals surface area contributed by atoms with E-state index >= 15 is 0 Å².